The molecule has 1 amide bonds. The van der Waals surface area contributed by atoms with Gasteiger partial charge in [-0.05, 0) is 31.0 Å². The minimum Gasteiger partial charge on any atom is -0.325 e. The van der Waals surface area contributed by atoms with Crippen LogP contribution in [0.1, 0.15) is 18.4 Å². The summed E-state index contributed by atoms with van der Waals surface area (Å²) < 4.78 is 50.4. The van der Waals surface area contributed by atoms with Gasteiger partial charge in [-0.3, -0.25) is 4.79 Å². The maximum Gasteiger partial charge on any atom is 0.419 e. The molecule has 1 fully saturated rings. The van der Waals surface area contributed by atoms with Crippen molar-refractivity contribution in [3.05, 3.63) is 29.6 Å². The van der Waals surface area contributed by atoms with Gasteiger partial charge in [0.05, 0.1) is 12.1 Å². The van der Waals surface area contributed by atoms with Gasteiger partial charge < -0.3 is 10.6 Å². The molecule has 1 saturated carbocycles. The van der Waals surface area contributed by atoms with Gasteiger partial charge in [-0.25, -0.2) is 4.39 Å². The summed E-state index contributed by atoms with van der Waals surface area (Å²) in [6.07, 6.45) is -2.78. The average molecular weight is 276 g/mol. The summed E-state index contributed by atoms with van der Waals surface area (Å²) in [6, 6.07) is 2.70. The number of carbonyl (C=O) groups excluding carboxylic acids is 1. The molecule has 3 nitrogen and oxygen atoms in total. The fourth-order valence-electron chi connectivity index (χ4n) is 1.55. The molecule has 7 heteroatoms. The van der Waals surface area contributed by atoms with Crippen molar-refractivity contribution < 1.29 is 22.4 Å². The summed E-state index contributed by atoms with van der Waals surface area (Å²) in [4.78, 5) is 11.4. The third-order valence-electron chi connectivity index (χ3n) is 2.68. The Bertz CT molecular complexity index is 483. The largest absolute Gasteiger partial charge is 0.419 e. The molecule has 1 aliphatic rings. The molecular formula is C12H12F4N2O. The molecule has 0 aliphatic heterocycles. The van der Waals surface area contributed by atoms with Crippen LogP contribution < -0.4 is 10.6 Å². The van der Waals surface area contributed by atoms with Crippen molar-refractivity contribution >= 4 is 11.6 Å². The van der Waals surface area contributed by atoms with Gasteiger partial charge in [0.1, 0.15) is 5.82 Å². The molecule has 2 N–H and O–H groups in total. The molecule has 0 spiro atoms. The van der Waals surface area contributed by atoms with Gasteiger partial charge in [0.15, 0.2) is 0 Å². The molecule has 0 radical (unpaired) electrons. The van der Waals surface area contributed by atoms with Crippen LogP contribution in [0.15, 0.2) is 18.2 Å². The highest BCUT2D eigenvalue weighted by Gasteiger charge is 2.34. The number of rotatable bonds is 4. The van der Waals surface area contributed by atoms with E-state index in [0.29, 0.717) is 18.2 Å². The van der Waals surface area contributed by atoms with Crippen molar-refractivity contribution in [1.29, 1.82) is 0 Å². The number of carbonyl (C=O) groups is 1. The quantitative estimate of drug-likeness (QED) is 0.830. The molecule has 0 saturated heterocycles. The van der Waals surface area contributed by atoms with E-state index in [1.165, 1.54) is 0 Å². The molecule has 19 heavy (non-hydrogen) atoms. The number of hydrogen-bond acceptors (Lipinski definition) is 2. The molecule has 104 valence electrons. The molecule has 0 aromatic heterocycles. The van der Waals surface area contributed by atoms with Crippen LogP contribution in [0.3, 0.4) is 0 Å². The van der Waals surface area contributed by atoms with Crippen LogP contribution in [0.5, 0.6) is 0 Å². The minimum absolute atomic E-state index is 0.0311. The number of benzene rings is 1. The lowest BCUT2D eigenvalue weighted by molar-refractivity contribution is -0.140. The normalized spacial score (nSPS) is 15.4. The zero-order valence-corrected chi connectivity index (χ0v) is 9.85. The van der Waals surface area contributed by atoms with E-state index in [1.807, 2.05) is 0 Å². The van der Waals surface area contributed by atoms with Crippen LogP contribution in [0.4, 0.5) is 23.2 Å². The van der Waals surface area contributed by atoms with Gasteiger partial charge in [-0.1, -0.05) is 0 Å². The van der Waals surface area contributed by atoms with E-state index in [2.05, 4.69) is 10.6 Å². The van der Waals surface area contributed by atoms with E-state index in [4.69, 9.17) is 0 Å². The summed E-state index contributed by atoms with van der Waals surface area (Å²) in [5, 5.41) is 5.22. The first-order valence-electron chi connectivity index (χ1n) is 5.76. The predicted octanol–water partition coefficient (Wildman–Crippen LogP) is 2.54. The summed E-state index contributed by atoms with van der Waals surface area (Å²) in [6.45, 7) is 0.0311. The second-order valence-corrected chi connectivity index (χ2v) is 4.40. The summed E-state index contributed by atoms with van der Waals surface area (Å²) >= 11 is 0. The highest BCUT2D eigenvalue weighted by Crippen LogP contribution is 2.32. The number of nitrogens with one attached hydrogen (secondary N) is 2. The van der Waals surface area contributed by atoms with Crippen LogP contribution in [-0.2, 0) is 11.0 Å². The molecule has 1 aliphatic carbocycles. The lowest BCUT2D eigenvalue weighted by Gasteiger charge is -2.11. The SMILES string of the molecule is O=C(CNC1CC1)Nc1ccc(F)c(C(F)(F)F)c1. The third-order valence-corrected chi connectivity index (χ3v) is 2.68. The fraction of sp³-hybridized carbons (Fsp3) is 0.417. The summed E-state index contributed by atoms with van der Waals surface area (Å²) in [5.41, 5.74) is -1.46. The Kier molecular flexibility index (Phi) is 3.75. The van der Waals surface area contributed by atoms with Crippen molar-refractivity contribution in [1.82, 2.24) is 5.32 Å². The predicted molar refractivity (Wildman–Crippen MR) is 61.1 cm³/mol. The maximum absolute atomic E-state index is 13.0. The number of alkyl halides is 3. The number of halogens is 4. The summed E-state index contributed by atoms with van der Waals surface area (Å²) in [7, 11) is 0. The third kappa shape index (κ3) is 3.92. The van der Waals surface area contributed by atoms with Gasteiger partial charge in [0.25, 0.3) is 0 Å². The molecule has 0 atom stereocenters. The van der Waals surface area contributed by atoms with Crippen LogP contribution in [0.2, 0.25) is 0 Å². The topological polar surface area (TPSA) is 41.1 Å². The van der Waals surface area contributed by atoms with E-state index < -0.39 is 23.5 Å². The number of amides is 1. The second kappa shape index (κ2) is 5.16. The highest BCUT2D eigenvalue weighted by atomic mass is 19.4. The Labute approximate surface area is 107 Å². The Morgan fingerprint density at radius 1 is 1.32 bits per heavy atom. The first-order valence-corrected chi connectivity index (χ1v) is 5.76. The standard InChI is InChI=1S/C12H12F4N2O/c13-10-4-3-8(5-9(10)12(14,15)16)18-11(19)6-17-7-1-2-7/h3-5,7,17H,1-2,6H2,(H,18,19). The van der Waals surface area contributed by atoms with Crippen molar-refractivity contribution in [2.24, 2.45) is 0 Å². The van der Waals surface area contributed by atoms with Gasteiger partial charge in [-0.2, -0.15) is 13.2 Å². The van der Waals surface area contributed by atoms with Gasteiger partial charge in [0, 0.05) is 11.7 Å². The lowest BCUT2D eigenvalue weighted by atomic mass is 10.2. The summed E-state index contributed by atoms with van der Waals surface area (Å²) in [5.74, 6) is -1.81. The van der Waals surface area contributed by atoms with Gasteiger partial charge >= 0.3 is 6.18 Å². The zero-order chi connectivity index (χ0) is 14.0. The smallest absolute Gasteiger partial charge is 0.325 e. The molecule has 2 rings (SSSR count). The van der Waals surface area contributed by atoms with Crippen molar-refractivity contribution in [2.75, 3.05) is 11.9 Å². The van der Waals surface area contributed by atoms with Gasteiger partial charge in [-0.15, -0.1) is 0 Å². The molecule has 0 bridgehead atoms. The molecule has 1 aromatic rings. The Morgan fingerprint density at radius 2 is 2.00 bits per heavy atom. The highest BCUT2D eigenvalue weighted by molar-refractivity contribution is 5.92. The lowest BCUT2D eigenvalue weighted by Crippen LogP contribution is -2.29. The Morgan fingerprint density at radius 3 is 2.58 bits per heavy atom. The van der Waals surface area contributed by atoms with E-state index in [1.54, 1.807) is 0 Å². The van der Waals surface area contributed by atoms with Crippen molar-refractivity contribution in [2.45, 2.75) is 25.1 Å². The molecule has 0 unspecified atom stereocenters. The van der Waals surface area contributed by atoms with E-state index in [-0.39, 0.29) is 12.2 Å². The zero-order valence-electron chi connectivity index (χ0n) is 9.85. The molecule has 0 heterocycles. The monoisotopic (exact) mass is 276 g/mol. The van der Waals surface area contributed by atoms with Crippen LogP contribution >= 0.6 is 0 Å². The number of hydrogen-bond donors (Lipinski definition) is 2. The first kappa shape index (κ1) is 13.8. The Hall–Kier alpha value is -1.63. The Balaban J connectivity index is 2.01. The van der Waals surface area contributed by atoms with E-state index in [0.717, 1.165) is 18.9 Å². The average Bonchev–Trinajstić information content (AvgIpc) is 3.11. The van der Waals surface area contributed by atoms with Crippen LogP contribution in [0, 0.1) is 5.82 Å². The second-order valence-electron chi connectivity index (χ2n) is 4.40. The fourth-order valence-corrected chi connectivity index (χ4v) is 1.55. The van der Waals surface area contributed by atoms with E-state index >= 15 is 0 Å². The van der Waals surface area contributed by atoms with Crippen molar-refractivity contribution in [3.63, 3.8) is 0 Å². The van der Waals surface area contributed by atoms with Gasteiger partial charge in [0.2, 0.25) is 5.91 Å². The maximum atomic E-state index is 13.0. The molecule has 1 aromatic carbocycles. The van der Waals surface area contributed by atoms with Crippen LogP contribution in [-0.4, -0.2) is 18.5 Å². The minimum atomic E-state index is -4.78. The molecular weight excluding hydrogens is 264 g/mol. The van der Waals surface area contributed by atoms with E-state index in [9.17, 15) is 22.4 Å². The number of anilines is 1. The van der Waals surface area contributed by atoms with Crippen LogP contribution in [0.25, 0.3) is 0 Å². The first-order chi connectivity index (χ1) is 8.86. The van der Waals surface area contributed by atoms with Crippen molar-refractivity contribution in [3.8, 4) is 0 Å².